The zero-order chi connectivity index (χ0) is 18.7. The molecule has 3 nitrogen and oxygen atoms in total. The molecule has 0 fully saturated rings. The molecule has 0 radical (unpaired) electrons. The molecule has 0 saturated carbocycles. The molecule has 0 aliphatic carbocycles. The van der Waals surface area contributed by atoms with Crippen LogP contribution in [-0.4, -0.2) is 9.55 Å². The molecule has 0 unspecified atom stereocenters. The van der Waals surface area contributed by atoms with Crippen LogP contribution in [0.2, 0.25) is 0 Å². The lowest BCUT2D eigenvalue weighted by atomic mass is 10.0. The third-order valence-electron chi connectivity index (χ3n) is 4.32. The first-order valence-electron chi connectivity index (χ1n) is 8.61. The monoisotopic (exact) mass is 414 g/mol. The van der Waals surface area contributed by atoms with Crippen LogP contribution in [0.25, 0.3) is 11.1 Å². The number of halogens is 2. The Morgan fingerprint density at radius 3 is 2.50 bits per heavy atom. The summed E-state index contributed by atoms with van der Waals surface area (Å²) in [5.41, 5.74) is 2.74. The number of hydrogen-bond acceptors (Lipinski definition) is 2. The zero-order valence-electron chi connectivity index (χ0n) is 14.8. The second-order valence-corrected chi connectivity index (χ2v) is 7.03. The van der Waals surface area contributed by atoms with Gasteiger partial charge in [-0.1, -0.05) is 49.4 Å². The summed E-state index contributed by atoms with van der Waals surface area (Å²) in [7, 11) is 0. The summed E-state index contributed by atoms with van der Waals surface area (Å²) in [5.74, 6) is 0.363. The van der Waals surface area contributed by atoms with Crippen molar-refractivity contribution in [3.8, 4) is 11.1 Å². The average Bonchev–Trinajstić information content (AvgIpc) is 2.65. The zero-order valence-corrected chi connectivity index (χ0v) is 16.4. The number of nitrogens with zero attached hydrogens (tertiary/aromatic N) is 2. The molecule has 0 spiro atoms. The van der Waals surface area contributed by atoms with E-state index in [0.29, 0.717) is 28.0 Å². The van der Waals surface area contributed by atoms with Gasteiger partial charge in [-0.2, -0.15) is 0 Å². The molecule has 1 heterocycles. The molecule has 0 saturated heterocycles. The summed E-state index contributed by atoms with van der Waals surface area (Å²) in [6.07, 6.45) is 1.54. The van der Waals surface area contributed by atoms with E-state index in [1.54, 1.807) is 17.6 Å². The molecule has 0 atom stereocenters. The summed E-state index contributed by atoms with van der Waals surface area (Å²) in [4.78, 5) is 17.2. The first-order valence-corrected chi connectivity index (χ1v) is 9.40. The minimum atomic E-state index is -0.322. The first kappa shape index (κ1) is 18.5. The van der Waals surface area contributed by atoms with E-state index in [4.69, 9.17) is 0 Å². The van der Waals surface area contributed by atoms with Crippen LogP contribution in [0.3, 0.4) is 0 Å². The van der Waals surface area contributed by atoms with Crippen molar-refractivity contribution < 1.29 is 4.39 Å². The molecule has 3 aromatic rings. The van der Waals surface area contributed by atoms with Crippen LogP contribution in [0, 0.1) is 12.7 Å². The fourth-order valence-electron chi connectivity index (χ4n) is 2.93. The lowest BCUT2D eigenvalue weighted by molar-refractivity contribution is 0.580. The third kappa shape index (κ3) is 3.78. The van der Waals surface area contributed by atoms with Crippen molar-refractivity contribution >= 4 is 15.9 Å². The van der Waals surface area contributed by atoms with Gasteiger partial charge in [-0.3, -0.25) is 9.36 Å². The van der Waals surface area contributed by atoms with Crippen molar-refractivity contribution in [1.29, 1.82) is 0 Å². The number of rotatable bonds is 5. The van der Waals surface area contributed by atoms with Crippen molar-refractivity contribution in [3.05, 3.63) is 86.3 Å². The van der Waals surface area contributed by atoms with E-state index in [0.717, 1.165) is 17.5 Å². The van der Waals surface area contributed by atoms with Crippen molar-refractivity contribution in [2.75, 3.05) is 0 Å². The largest absolute Gasteiger partial charge is 0.291 e. The minimum Gasteiger partial charge on any atom is -0.291 e. The van der Waals surface area contributed by atoms with Gasteiger partial charge in [0.25, 0.3) is 5.56 Å². The van der Waals surface area contributed by atoms with E-state index in [1.165, 1.54) is 6.07 Å². The van der Waals surface area contributed by atoms with E-state index in [2.05, 4.69) is 20.9 Å². The third-order valence-corrected chi connectivity index (χ3v) is 5.23. The molecule has 5 heteroatoms. The smallest absolute Gasteiger partial charge is 0.268 e. The molecule has 1 aromatic heterocycles. The van der Waals surface area contributed by atoms with E-state index in [-0.39, 0.29) is 17.9 Å². The normalized spacial score (nSPS) is 10.9. The number of benzene rings is 2. The van der Waals surface area contributed by atoms with Gasteiger partial charge in [0, 0.05) is 12.0 Å². The SMILES string of the molecule is CCCc1nc(C)c(Br)c(=O)n1Cc1ccc(-c2ccccc2)cc1F. The summed E-state index contributed by atoms with van der Waals surface area (Å²) in [6.45, 7) is 3.99. The highest BCUT2D eigenvalue weighted by atomic mass is 79.9. The Hall–Kier alpha value is -2.27. The predicted octanol–water partition coefficient (Wildman–Crippen LogP) is 5.12. The molecule has 0 bridgehead atoms. The van der Waals surface area contributed by atoms with Crippen LogP contribution >= 0.6 is 15.9 Å². The maximum absolute atomic E-state index is 14.7. The van der Waals surface area contributed by atoms with Gasteiger partial charge in [-0.05, 0) is 46.5 Å². The number of hydrogen-bond donors (Lipinski definition) is 0. The maximum Gasteiger partial charge on any atom is 0.268 e. The van der Waals surface area contributed by atoms with Gasteiger partial charge < -0.3 is 0 Å². The Kier molecular flexibility index (Phi) is 5.67. The lowest BCUT2D eigenvalue weighted by Gasteiger charge is -2.14. The quantitative estimate of drug-likeness (QED) is 0.580. The van der Waals surface area contributed by atoms with Gasteiger partial charge in [-0.25, -0.2) is 9.37 Å². The van der Waals surface area contributed by atoms with Crippen LogP contribution in [0.5, 0.6) is 0 Å². The standard InChI is InChI=1S/C21H20BrFN2O/c1-3-7-19-24-14(2)20(22)21(26)25(19)13-17-11-10-16(12-18(17)23)15-8-5-4-6-9-15/h4-6,8-12H,3,7,13H2,1-2H3. The summed E-state index contributed by atoms with van der Waals surface area (Å²) in [6, 6.07) is 14.8. The molecule has 26 heavy (non-hydrogen) atoms. The van der Waals surface area contributed by atoms with Gasteiger partial charge >= 0.3 is 0 Å². The molecule has 0 aliphatic rings. The lowest BCUT2D eigenvalue weighted by Crippen LogP contribution is -2.27. The van der Waals surface area contributed by atoms with Gasteiger partial charge in [0.2, 0.25) is 0 Å². The molecule has 0 aliphatic heterocycles. The highest BCUT2D eigenvalue weighted by Crippen LogP contribution is 2.22. The maximum atomic E-state index is 14.7. The van der Waals surface area contributed by atoms with Gasteiger partial charge in [0.1, 0.15) is 16.1 Å². The van der Waals surface area contributed by atoms with E-state index in [1.807, 2.05) is 43.3 Å². The molecular weight excluding hydrogens is 395 g/mol. The topological polar surface area (TPSA) is 34.9 Å². The van der Waals surface area contributed by atoms with Gasteiger partial charge in [0.05, 0.1) is 12.2 Å². The van der Waals surface area contributed by atoms with E-state index >= 15 is 0 Å². The van der Waals surface area contributed by atoms with Crippen LogP contribution in [0.4, 0.5) is 4.39 Å². The predicted molar refractivity (Wildman–Crippen MR) is 106 cm³/mol. The van der Waals surface area contributed by atoms with Crippen molar-refractivity contribution in [1.82, 2.24) is 9.55 Å². The van der Waals surface area contributed by atoms with Gasteiger partial charge in [-0.15, -0.1) is 0 Å². The summed E-state index contributed by atoms with van der Waals surface area (Å²) in [5, 5.41) is 0. The fourth-order valence-corrected chi connectivity index (χ4v) is 3.23. The second-order valence-electron chi connectivity index (χ2n) is 6.24. The molecule has 134 valence electrons. The average molecular weight is 415 g/mol. The van der Waals surface area contributed by atoms with Crippen molar-refractivity contribution in [2.24, 2.45) is 0 Å². The molecular formula is C21H20BrFN2O. The number of aryl methyl sites for hydroxylation is 2. The summed E-state index contributed by atoms with van der Waals surface area (Å²) < 4.78 is 16.7. The Balaban J connectivity index is 2.00. The van der Waals surface area contributed by atoms with E-state index in [9.17, 15) is 9.18 Å². The first-order chi connectivity index (χ1) is 12.5. The van der Waals surface area contributed by atoms with Crippen LogP contribution in [-0.2, 0) is 13.0 Å². The Labute approximate surface area is 160 Å². The minimum absolute atomic E-state index is 0.168. The molecule has 0 amide bonds. The Morgan fingerprint density at radius 1 is 1.12 bits per heavy atom. The molecule has 0 N–H and O–H groups in total. The van der Waals surface area contributed by atoms with Crippen LogP contribution in [0.1, 0.15) is 30.4 Å². The highest BCUT2D eigenvalue weighted by molar-refractivity contribution is 9.10. The summed E-state index contributed by atoms with van der Waals surface area (Å²) >= 11 is 3.30. The van der Waals surface area contributed by atoms with Gasteiger partial charge in [0.15, 0.2) is 0 Å². The Morgan fingerprint density at radius 2 is 1.85 bits per heavy atom. The van der Waals surface area contributed by atoms with Crippen LogP contribution in [0.15, 0.2) is 57.8 Å². The molecule has 3 rings (SSSR count). The second kappa shape index (κ2) is 7.96. The molecule has 2 aromatic carbocycles. The fraction of sp³-hybridized carbons (Fsp3) is 0.238. The Bertz CT molecular complexity index is 983. The van der Waals surface area contributed by atoms with Crippen molar-refractivity contribution in [2.45, 2.75) is 33.2 Å². The highest BCUT2D eigenvalue weighted by Gasteiger charge is 2.14. The number of aromatic nitrogens is 2. The van der Waals surface area contributed by atoms with Crippen LogP contribution < -0.4 is 5.56 Å². The van der Waals surface area contributed by atoms with Crippen molar-refractivity contribution in [3.63, 3.8) is 0 Å². The van der Waals surface area contributed by atoms with E-state index < -0.39 is 0 Å².